The summed E-state index contributed by atoms with van der Waals surface area (Å²) in [5.41, 5.74) is -1.25. The van der Waals surface area contributed by atoms with Gasteiger partial charge in [-0.25, -0.2) is 0 Å². The van der Waals surface area contributed by atoms with Crippen LogP contribution in [0.15, 0.2) is 53.4 Å². The second-order valence-corrected chi connectivity index (χ2v) is 16.1. The summed E-state index contributed by atoms with van der Waals surface area (Å²) in [4.78, 5) is 21.7. The Morgan fingerprint density at radius 2 is 1.55 bits per heavy atom. The Hall–Kier alpha value is -1.87. The zero-order chi connectivity index (χ0) is 23.8. The fraction of sp³-hybridized carbons (Fsp3) is 0.188. The number of nitro benzene ring substituents is 1. The van der Waals surface area contributed by atoms with Crippen LogP contribution in [-0.2, 0) is 0 Å². The second kappa shape index (κ2) is 8.58. The van der Waals surface area contributed by atoms with Crippen molar-refractivity contribution in [2.75, 3.05) is 5.32 Å². The molecule has 0 heterocycles. The van der Waals surface area contributed by atoms with E-state index in [1.54, 1.807) is 0 Å². The lowest BCUT2D eigenvalue weighted by Gasteiger charge is -2.40. The van der Waals surface area contributed by atoms with Gasteiger partial charge in [0, 0.05) is 22.6 Å². The number of hydrogen-bond acceptors (Lipinski definition) is 3. The maximum atomic E-state index is 14.4. The van der Waals surface area contributed by atoms with Crippen LogP contribution >= 0.6 is 36.5 Å². The number of hydrogen-bond donors (Lipinski definition) is 1. The van der Waals surface area contributed by atoms with Crippen molar-refractivity contribution in [3.63, 3.8) is 0 Å². The van der Waals surface area contributed by atoms with Crippen LogP contribution in [0.1, 0.15) is 10.4 Å². The predicted octanol–water partition coefficient (Wildman–Crippen LogP) is 7.42. The molecule has 0 bridgehead atoms. The number of non-ortho nitro benzene ring substituents is 1. The molecule has 1 amide bonds. The second-order valence-electron chi connectivity index (χ2n) is 5.82. The van der Waals surface area contributed by atoms with E-state index >= 15 is 0 Å². The molecule has 0 spiro atoms. The van der Waals surface area contributed by atoms with Gasteiger partial charge in [-0.3, -0.25) is 14.9 Å². The van der Waals surface area contributed by atoms with Gasteiger partial charge in [0.25, 0.3) is 11.6 Å². The minimum Gasteiger partial charge on any atom is -0.321 e. The molecule has 1 N–H and O–H groups in total. The lowest BCUT2D eigenvalue weighted by atomic mass is 10.2. The maximum absolute atomic E-state index is 14.4. The van der Waals surface area contributed by atoms with Gasteiger partial charge >= 0.3 is 17.4 Å². The molecule has 15 heteroatoms. The van der Waals surface area contributed by atoms with Crippen molar-refractivity contribution in [1.82, 2.24) is 0 Å². The summed E-state index contributed by atoms with van der Waals surface area (Å²) < 4.78 is 93.9. The molecule has 170 valence electrons. The molecule has 0 aliphatic rings. The monoisotopic (exact) mass is 600 g/mol. The molecule has 0 aromatic heterocycles. The van der Waals surface area contributed by atoms with Crippen molar-refractivity contribution in [1.29, 1.82) is 0 Å². The number of nitrogens with zero attached hydrogens (tertiary/aromatic N) is 1. The summed E-state index contributed by atoms with van der Waals surface area (Å²) in [5.74, 6) is -7.46. The van der Waals surface area contributed by atoms with E-state index < -0.39 is 51.3 Å². The molecule has 0 saturated heterocycles. The van der Waals surface area contributed by atoms with Gasteiger partial charge in [-0.15, -0.1) is 0 Å². The molecule has 0 saturated carbocycles. The molecule has 0 aliphatic heterocycles. The third-order valence-corrected chi connectivity index (χ3v) is 10.1. The minimum absolute atomic E-state index is 0.277. The Balaban J connectivity index is 2.49. The largest absolute Gasteiger partial charge is 0.460 e. The van der Waals surface area contributed by atoms with Crippen molar-refractivity contribution in [2.24, 2.45) is 0 Å². The summed E-state index contributed by atoms with van der Waals surface area (Å²) in [6, 6.07) is 8.38. The first kappa shape index (κ1) is 25.4. The molecule has 5 nitrogen and oxygen atoms in total. The van der Waals surface area contributed by atoms with Gasteiger partial charge in [0.2, 0.25) is 0 Å². The summed E-state index contributed by atoms with van der Waals surface area (Å²) in [6.45, 7) is -4.56. The van der Waals surface area contributed by atoms with Crippen molar-refractivity contribution in [2.45, 2.75) is 22.2 Å². The maximum Gasteiger partial charge on any atom is 0.460 e. The van der Waals surface area contributed by atoms with Gasteiger partial charge in [0.1, 0.15) is 0 Å². The van der Waals surface area contributed by atoms with E-state index in [4.69, 9.17) is 0 Å². The lowest BCUT2D eigenvalue weighted by molar-refractivity contribution is -0.384. The fourth-order valence-corrected chi connectivity index (χ4v) is 6.49. The Kier molecular flexibility index (Phi) is 7.03. The number of alkyl halides is 7. The van der Waals surface area contributed by atoms with Gasteiger partial charge in [-0.1, -0.05) is 18.2 Å². The molecule has 0 fully saturated rings. The summed E-state index contributed by atoms with van der Waals surface area (Å²) in [7, 11) is 0. The topological polar surface area (TPSA) is 72.2 Å². The van der Waals surface area contributed by atoms with Crippen molar-refractivity contribution in [3.05, 3.63) is 64.2 Å². The molecular weight excluding hydrogens is 593 g/mol. The highest BCUT2D eigenvalue weighted by Gasteiger charge is 2.78. The normalized spacial score (nSPS) is 13.6. The van der Waals surface area contributed by atoms with Crippen LogP contribution < -0.4 is 5.32 Å². The molecule has 2 aromatic rings. The fourth-order valence-electron chi connectivity index (χ4n) is 2.21. The van der Waals surface area contributed by atoms with Crippen LogP contribution in [0.5, 0.6) is 0 Å². The SMILES string of the molecule is O=C(Nc1ccccc1S(Br)(Br)C(F)(F)C(F)(F)C(F)(F)F)c1cccc([N+](=O)[O-])c1. The molecular formula is C16H9Br2F7N2O3S. The number of halogens is 9. The number of benzene rings is 2. The highest BCUT2D eigenvalue weighted by atomic mass is 79.9. The van der Waals surface area contributed by atoms with E-state index in [9.17, 15) is 45.6 Å². The number of amides is 1. The van der Waals surface area contributed by atoms with E-state index in [0.29, 0.717) is 0 Å². The first-order valence-corrected chi connectivity index (χ1v) is 13.0. The van der Waals surface area contributed by atoms with Crippen LogP contribution in [0.4, 0.5) is 42.1 Å². The Labute approximate surface area is 185 Å². The van der Waals surface area contributed by atoms with Crippen LogP contribution in [-0.4, -0.2) is 28.2 Å². The van der Waals surface area contributed by atoms with Crippen molar-refractivity contribution < 1.29 is 40.5 Å². The third-order valence-electron chi connectivity index (χ3n) is 3.77. The van der Waals surface area contributed by atoms with E-state index in [-0.39, 0.29) is 5.56 Å². The van der Waals surface area contributed by atoms with Crippen molar-refractivity contribution in [3.8, 4) is 0 Å². The molecule has 31 heavy (non-hydrogen) atoms. The van der Waals surface area contributed by atoms with Gasteiger partial charge in [0.05, 0.1) is 10.6 Å². The van der Waals surface area contributed by atoms with Gasteiger partial charge in [0.15, 0.2) is 0 Å². The Morgan fingerprint density at radius 1 is 0.968 bits per heavy atom. The molecule has 0 atom stereocenters. The molecule has 0 aliphatic carbocycles. The van der Waals surface area contributed by atoms with E-state index in [1.165, 1.54) is 12.1 Å². The number of nitrogens with one attached hydrogen (secondary N) is 1. The molecule has 0 unspecified atom stereocenters. The van der Waals surface area contributed by atoms with Crippen LogP contribution in [0.3, 0.4) is 0 Å². The molecule has 0 radical (unpaired) electrons. The van der Waals surface area contributed by atoms with Crippen molar-refractivity contribution >= 4 is 53.8 Å². The van der Waals surface area contributed by atoms with E-state index in [2.05, 4.69) is 34.9 Å². The summed E-state index contributed by atoms with van der Waals surface area (Å²) >= 11 is 4.59. The van der Waals surface area contributed by atoms with Gasteiger partial charge < -0.3 is 5.32 Å². The minimum atomic E-state index is -6.56. The van der Waals surface area contributed by atoms with Crippen LogP contribution in [0.25, 0.3) is 0 Å². The van der Waals surface area contributed by atoms with Gasteiger partial charge in [-0.05, 0) is 54.7 Å². The third kappa shape index (κ3) is 4.67. The highest BCUT2D eigenvalue weighted by molar-refractivity contribution is 9.91. The number of nitro groups is 1. The average Bonchev–Trinajstić information content (AvgIpc) is 2.67. The zero-order valence-corrected chi connectivity index (χ0v) is 18.6. The van der Waals surface area contributed by atoms with E-state index in [0.717, 1.165) is 36.4 Å². The average molecular weight is 602 g/mol. The molecule has 2 aromatic carbocycles. The number of carbonyl (C=O) groups excluding carboxylic acids is 1. The molecule has 2 rings (SSSR count). The standard InChI is InChI=1S/C16H9Br2F7N2O3S/c17-31(18,16(24,25)14(19,20)15(21,22)23)12-7-2-1-6-11(12)26-13(28)9-4-3-5-10(8-9)27(29)30/h1-8H,(H,26,28). The first-order valence-electron chi connectivity index (χ1n) is 7.73. The first-order chi connectivity index (χ1) is 14.0. The smallest absolute Gasteiger partial charge is 0.321 e. The zero-order valence-electron chi connectivity index (χ0n) is 14.6. The van der Waals surface area contributed by atoms with E-state index in [1.807, 2.05) is 0 Å². The number of para-hydroxylation sites is 1. The lowest BCUT2D eigenvalue weighted by Crippen LogP contribution is -2.52. The summed E-state index contributed by atoms with van der Waals surface area (Å²) in [6.07, 6.45) is -6.56. The Morgan fingerprint density at radius 3 is 2.10 bits per heavy atom. The Bertz CT molecular complexity index is 1020. The number of rotatable bonds is 6. The van der Waals surface area contributed by atoms with Gasteiger partial charge in [-0.2, -0.15) is 30.7 Å². The summed E-state index contributed by atoms with van der Waals surface area (Å²) in [5, 5.41) is 7.25. The predicted molar refractivity (Wildman–Crippen MR) is 107 cm³/mol. The number of carbonyl (C=O) groups is 1. The van der Waals surface area contributed by atoms with Crippen LogP contribution in [0, 0.1) is 10.1 Å². The highest BCUT2D eigenvalue weighted by Crippen LogP contribution is 2.82. The van der Waals surface area contributed by atoms with Crippen LogP contribution in [0.2, 0.25) is 0 Å². The quantitative estimate of drug-likeness (QED) is 0.213. The number of anilines is 1.